The Labute approximate surface area is 62.3 Å². The van der Waals surface area contributed by atoms with Gasteiger partial charge >= 0.3 is 5.97 Å². The molecule has 0 spiro atoms. The molecule has 11 heavy (non-hydrogen) atoms. The van der Waals surface area contributed by atoms with Crippen LogP contribution in [0.1, 0.15) is 12.0 Å². The van der Waals surface area contributed by atoms with Gasteiger partial charge in [-0.1, -0.05) is 0 Å². The summed E-state index contributed by atoms with van der Waals surface area (Å²) < 4.78 is 14.0. The van der Waals surface area contributed by atoms with Gasteiger partial charge in [0.05, 0.1) is 0 Å². The lowest BCUT2D eigenvalue weighted by Crippen LogP contribution is -2.10. The van der Waals surface area contributed by atoms with Crippen LogP contribution in [-0.2, 0) is 11.8 Å². The molecular weight excluding hydrogens is 151 g/mol. The zero-order valence-electron chi connectivity index (χ0n) is 5.86. The summed E-state index contributed by atoms with van der Waals surface area (Å²) in [6, 6.07) is 0. The number of carboxylic acid groups (broad SMARTS) is 1. The maximum atomic E-state index is 12.7. The largest absolute Gasteiger partial charge is 0.479 e. The van der Waals surface area contributed by atoms with Crippen LogP contribution in [0.5, 0.6) is 0 Å². The second-order valence-corrected chi connectivity index (χ2v) is 2.10. The molecule has 0 saturated heterocycles. The number of hydrogen-bond donors (Lipinski definition) is 1. The summed E-state index contributed by atoms with van der Waals surface area (Å²) in [6.45, 7) is 0. The molecule has 1 N–H and O–H groups in total. The minimum atomic E-state index is -2.03. The Hall–Kier alpha value is -1.39. The van der Waals surface area contributed by atoms with E-state index in [0.29, 0.717) is 0 Å². The van der Waals surface area contributed by atoms with Gasteiger partial charge in [0.25, 0.3) is 6.17 Å². The van der Waals surface area contributed by atoms with Crippen molar-refractivity contribution < 1.29 is 14.3 Å². The third-order valence-corrected chi connectivity index (χ3v) is 1.30. The predicted molar refractivity (Wildman–Crippen MR) is 34.7 cm³/mol. The molecule has 5 heteroatoms. The SMILES string of the molecule is Cn1ccnc1C(F)C(=O)O. The van der Waals surface area contributed by atoms with E-state index in [-0.39, 0.29) is 5.82 Å². The van der Waals surface area contributed by atoms with E-state index in [1.54, 1.807) is 0 Å². The Kier molecular flexibility index (Phi) is 1.89. The van der Waals surface area contributed by atoms with E-state index in [9.17, 15) is 9.18 Å². The van der Waals surface area contributed by atoms with E-state index in [4.69, 9.17) is 5.11 Å². The molecule has 0 radical (unpaired) electrons. The van der Waals surface area contributed by atoms with Crippen molar-refractivity contribution >= 4 is 5.97 Å². The van der Waals surface area contributed by atoms with Gasteiger partial charge < -0.3 is 9.67 Å². The molecular formula is C6H7FN2O2. The van der Waals surface area contributed by atoms with Crippen LogP contribution < -0.4 is 0 Å². The smallest absolute Gasteiger partial charge is 0.346 e. The summed E-state index contributed by atoms with van der Waals surface area (Å²) in [5, 5.41) is 8.25. The van der Waals surface area contributed by atoms with Crippen LogP contribution in [-0.4, -0.2) is 20.6 Å². The standard InChI is InChI=1S/C6H7FN2O2/c1-9-3-2-8-5(9)4(7)6(10)11/h2-4H,1H3,(H,10,11). The minimum absolute atomic E-state index is 0.0856. The first kappa shape index (κ1) is 7.71. The number of aryl methyl sites for hydroxylation is 1. The molecule has 0 fully saturated rings. The van der Waals surface area contributed by atoms with Gasteiger partial charge in [0.15, 0.2) is 5.82 Å². The number of hydrogen-bond acceptors (Lipinski definition) is 2. The molecule has 1 aromatic heterocycles. The second-order valence-electron chi connectivity index (χ2n) is 2.10. The van der Waals surface area contributed by atoms with Gasteiger partial charge in [0.1, 0.15) is 0 Å². The third kappa shape index (κ3) is 1.36. The van der Waals surface area contributed by atoms with Crippen molar-refractivity contribution in [2.75, 3.05) is 0 Å². The first-order valence-corrected chi connectivity index (χ1v) is 2.97. The highest BCUT2D eigenvalue weighted by Gasteiger charge is 2.21. The molecule has 0 aliphatic heterocycles. The lowest BCUT2D eigenvalue weighted by molar-refractivity contribution is -0.143. The lowest BCUT2D eigenvalue weighted by atomic mass is 10.4. The van der Waals surface area contributed by atoms with Crippen molar-refractivity contribution in [3.8, 4) is 0 Å². The fourth-order valence-corrected chi connectivity index (χ4v) is 0.732. The Morgan fingerprint density at radius 1 is 1.91 bits per heavy atom. The Morgan fingerprint density at radius 2 is 2.55 bits per heavy atom. The van der Waals surface area contributed by atoms with E-state index >= 15 is 0 Å². The normalized spacial score (nSPS) is 12.9. The number of aromatic nitrogens is 2. The molecule has 1 aromatic rings. The number of carbonyl (C=O) groups is 1. The topological polar surface area (TPSA) is 55.1 Å². The number of carboxylic acids is 1. The number of rotatable bonds is 2. The third-order valence-electron chi connectivity index (χ3n) is 1.30. The van der Waals surface area contributed by atoms with Crippen LogP contribution in [0.3, 0.4) is 0 Å². The van der Waals surface area contributed by atoms with Crippen LogP contribution in [0, 0.1) is 0 Å². The Bertz CT molecular complexity index is 271. The molecule has 1 heterocycles. The quantitative estimate of drug-likeness (QED) is 0.682. The molecule has 0 aliphatic rings. The summed E-state index contributed by atoms with van der Waals surface area (Å²) in [5.41, 5.74) is 0. The average Bonchev–Trinajstić information content (AvgIpc) is 2.33. The molecule has 0 bridgehead atoms. The molecule has 0 amide bonds. The summed E-state index contributed by atoms with van der Waals surface area (Å²) in [5.74, 6) is -1.60. The maximum absolute atomic E-state index is 12.7. The minimum Gasteiger partial charge on any atom is -0.479 e. The number of imidazole rings is 1. The number of alkyl halides is 1. The van der Waals surface area contributed by atoms with Gasteiger partial charge in [0, 0.05) is 19.4 Å². The molecule has 1 unspecified atom stereocenters. The zero-order valence-corrected chi connectivity index (χ0v) is 5.86. The van der Waals surface area contributed by atoms with E-state index in [1.807, 2.05) is 0 Å². The molecule has 0 aromatic carbocycles. The lowest BCUT2D eigenvalue weighted by Gasteiger charge is -2.01. The number of halogens is 1. The average molecular weight is 158 g/mol. The van der Waals surface area contributed by atoms with Crippen LogP contribution in [0.15, 0.2) is 12.4 Å². The summed E-state index contributed by atoms with van der Waals surface area (Å²) in [4.78, 5) is 13.7. The Balaban J connectivity index is 2.92. The van der Waals surface area contributed by atoms with Crippen molar-refractivity contribution in [3.63, 3.8) is 0 Å². The van der Waals surface area contributed by atoms with Crippen molar-refractivity contribution in [1.82, 2.24) is 9.55 Å². The van der Waals surface area contributed by atoms with E-state index in [0.717, 1.165) is 0 Å². The van der Waals surface area contributed by atoms with Crippen LogP contribution >= 0.6 is 0 Å². The van der Waals surface area contributed by atoms with Gasteiger partial charge in [-0.15, -0.1) is 0 Å². The number of aliphatic carboxylic acids is 1. The Morgan fingerprint density at radius 3 is 2.91 bits per heavy atom. The monoisotopic (exact) mass is 158 g/mol. The van der Waals surface area contributed by atoms with Gasteiger partial charge in [-0.05, 0) is 0 Å². The van der Waals surface area contributed by atoms with E-state index < -0.39 is 12.1 Å². The molecule has 0 saturated carbocycles. The molecule has 4 nitrogen and oxygen atoms in total. The molecule has 0 aliphatic carbocycles. The maximum Gasteiger partial charge on any atom is 0.346 e. The summed E-state index contributed by atoms with van der Waals surface area (Å²) in [7, 11) is 1.54. The van der Waals surface area contributed by atoms with Crippen LogP contribution in [0.25, 0.3) is 0 Å². The number of nitrogens with zero attached hydrogens (tertiary/aromatic N) is 2. The van der Waals surface area contributed by atoms with E-state index in [2.05, 4.69) is 4.98 Å². The fraction of sp³-hybridized carbons (Fsp3) is 0.333. The molecule has 1 rings (SSSR count). The van der Waals surface area contributed by atoms with Crippen molar-refractivity contribution in [1.29, 1.82) is 0 Å². The molecule has 1 atom stereocenters. The molecule has 60 valence electrons. The highest BCUT2D eigenvalue weighted by molar-refractivity contribution is 5.72. The summed E-state index contributed by atoms with van der Waals surface area (Å²) in [6.07, 6.45) is 0.811. The van der Waals surface area contributed by atoms with E-state index in [1.165, 1.54) is 24.0 Å². The highest BCUT2D eigenvalue weighted by atomic mass is 19.1. The summed E-state index contributed by atoms with van der Waals surface area (Å²) >= 11 is 0. The van der Waals surface area contributed by atoms with Gasteiger partial charge in [-0.25, -0.2) is 14.2 Å². The first-order valence-electron chi connectivity index (χ1n) is 2.97. The highest BCUT2D eigenvalue weighted by Crippen LogP contribution is 2.13. The van der Waals surface area contributed by atoms with Crippen LogP contribution in [0.4, 0.5) is 4.39 Å². The van der Waals surface area contributed by atoms with Crippen molar-refractivity contribution in [2.24, 2.45) is 7.05 Å². The van der Waals surface area contributed by atoms with Gasteiger partial charge in [0.2, 0.25) is 0 Å². The second kappa shape index (κ2) is 2.69. The fourth-order valence-electron chi connectivity index (χ4n) is 0.732. The predicted octanol–water partition coefficient (Wildman–Crippen LogP) is 0.515. The van der Waals surface area contributed by atoms with Crippen molar-refractivity contribution in [2.45, 2.75) is 6.17 Å². The van der Waals surface area contributed by atoms with Gasteiger partial charge in [-0.3, -0.25) is 0 Å². The van der Waals surface area contributed by atoms with Crippen LogP contribution in [0.2, 0.25) is 0 Å². The van der Waals surface area contributed by atoms with Gasteiger partial charge in [-0.2, -0.15) is 0 Å². The van der Waals surface area contributed by atoms with Crippen molar-refractivity contribution in [3.05, 3.63) is 18.2 Å². The first-order chi connectivity index (χ1) is 5.13. The zero-order chi connectivity index (χ0) is 8.43.